The van der Waals surface area contributed by atoms with Crippen LogP contribution in [0.5, 0.6) is 5.75 Å². The fourth-order valence-corrected chi connectivity index (χ4v) is 3.25. The second kappa shape index (κ2) is 8.70. The van der Waals surface area contributed by atoms with Crippen molar-refractivity contribution in [2.75, 3.05) is 19.0 Å². The molecule has 0 bridgehead atoms. The minimum atomic E-state index is -0.320. The van der Waals surface area contributed by atoms with Crippen LogP contribution in [0.3, 0.4) is 0 Å². The Hall–Kier alpha value is -2.83. The predicted molar refractivity (Wildman–Crippen MR) is 103 cm³/mol. The lowest BCUT2D eigenvalue weighted by Crippen LogP contribution is -2.26. The lowest BCUT2D eigenvalue weighted by atomic mass is 10.1. The van der Waals surface area contributed by atoms with Crippen molar-refractivity contribution in [3.63, 3.8) is 0 Å². The van der Waals surface area contributed by atoms with E-state index in [1.807, 2.05) is 16.7 Å². The van der Waals surface area contributed by atoms with Gasteiger partial charge in [-0.3, -0.25) is 9.59 Å². The Kier molecular flexibility index (Phi) is 6.11. The lowest BCUT2D eigenvalue weighted by Gasteiger charge is -2.17. The second-order valence-corrected chi connectivity index (χ2v) is 6.63. The van der Waals surface area contributed by atoms with Crippen molar-refractivity contribution in [3.8, 4) is 5.75 Å². The van der Waals surface area contributed by atoms with E-state index >= 15 is 0 Å². The number of anilines is 1. The number of rotatable bonds is 7. The van der Waals surface area contributed by atoms with Gasteiger partial charge >= 0.3 is 0 Å². The first-order chi connectivity index (χ1) is 13.1. The van der Waals surface area contributed by atoms with Crippen LogP contribution in [0.15, 0.2) is 24.3 Å². The third kappa shape index (κ3) is 4.30. The Labute approximate surface area is 159 Å². The van der Waals surface area contributed by atoms with Gasteiger partial charge in [0.1, 0.15) is 11.4 Å². The molecule has 0 atom stereocenters. The molecule has 0 unspecified atom stereocenters. The molecule has 2 N–H and O–H groups in total. The molecule has 0 spiro atoms. The summed E-state index contributed by atoms with van der Waals surface area (Å²) in [5.41, 5.74) is 1.86. The van der Waals surface area contributed by atoms with Gasteiger partial charge in [0.25, 0.3) is 11.8 Å². The van der Waals surface area contributed by atoms with E-state index in [4.69, 9.17) is 4.74 Å². The van der Waals surface area contributed by atoms with Crippen LogP contribution in [0, 0.1) is 0 Å². The van der Waals surface area contributed by atoms with Gasteiger partial charge in [0.2, 0.25) is 0 Å². The number of fused-ring (bicyclic) bond motifs is 1. The summed E-state index contributed by atoms with van der Waals surface area (Å²) >= 11 is 0. The SMILES string of the molecule is CCCCNC(=O)c1nc(C(=O)Nc2cccc(OC)c2)n2c1CCCC2. The molecule has 1 aromatic carbocycles. The van der Waals surface area contributed by atoms with Crippen LogP contribution < -0.4 is 15.4 Å². The van der Waals surface area contributed by atoms with Gasteiger partial charge in [-0.15, -0.1) is 0 Å². The quantitative estimate of drug-likeness (QED) is 0.734. The van der Waals surface area contributed by atoms with Gasteiger partial charge in [-0.1, -0.05) is 19.4 Å². The number of carbonyl (C=O) groups is 2. The minimum Gasteiger partial charge on any atom is -0.497 e. The van der Waals surface area contributed by atoms with Crippen molar-refractivity contribution in [1.29, 1.82) is 0 Å². The number of hydrogen-bond acceptors (Lipinski definition) is 4. The summed E-state index contributed by atoms with van der Waals surface area (Å²) in [5.74, 6) is 0.427. The van der Waals surface area contributed by atoms with Gasteiger partial charge in [-0.05, 0) is 37.8 Å². The number of aromatic nitrogens is 2. The van der Waals surface area contributed by atoms with Crippen LogP contribution in [-0.4, -0.2) is 35.0 Å². The summed E-state index contributed by atoms with van der Waals surface area (Å²) in [6.07, 6.45) is 4.66. The van der Waals surface area contributed by atoms with E-state index in [0.29, 0.717) is 30.2 Å². The molecule has 1 aliphatic rings. The maximum atomic E-state index is 12.8. The number of hydrogen-bond donors (Lipinski definition) is 2. The fourth-order valence-electron chi connectivity index (χ4n) is 3.25. The van der Waals surface area contributed by atoms with E-state index in [0.717, 1.165) is 37.8 Å². The Morgan fingerprint density at radius 3 is 2.89 bits per heavy atom. The van der Waals surface area contributed by atoms with Crippen molar-refractivity contribution in [2.24, 2.45) is 0 Å². The number of unbranched alkanes of at least 4 members (excludes halogenated alkanes) is 1. The van der Waals surface area contributed by atoms with E-state index in [2.05, 4.69) is 22.5 Å². The van der Waals surface area contributed by atoms with Crippen LogP contribution in [-0.2, 0) is 13.0 Å². The summed E-state index contributed by atoms with van der Waals surface area (Å²) in [4.78, 5) is 29.8. The summed E-state index contributed by atoms with van der Waals surface area (Å²) in [6.45, 7) is 3.39. The van der Waals surface area contributed by atoms with Gasteiger partial charge in [0.05, 0.1) is 12.8 Å². The van der Waals surface area contributed by atoms with Crippen LogP contribution in [0.2, 0.25) is 0 Å². The van der Waals surface area contributed by atoms with Crippen molar-refractivity contribution in [1.82, 2.24) is 14.9 Å². The van der Waals surface area contributed by atoms with E-state index < -0.39 is 0 Å². The number of nitrogens with zero attached hydrogens (tertiary/aromatic N) is 2. The topological polar surface area (TPSA) is 85.2 Å². The Morgan fingerprint density at radius 1 is 1.26 bits per heavy atom. The van der Waals surface area contributed by atoms with Gasteiger partial charge in [0.15, 0.2) is 5.82 Å². The molecule has 7 heteroatoms. The molecule has 3 rings (SSSR count). The summed E-state index contributed by atoms with van der Waals surface area (Å²) in [7, 11) is 1.58. The number of ether oxygens (including phenoxy) is 1. The highest BCUT2D eigenvalue weighted by Gasteiger charge is 2.27. The summed E-state index contributed by atoms with van der Waals surface area (Å²) in [6, 6.07) is 7.16. The van der Waals surface area contributed by atoms with Gasteiger partial charge in [0, 0.05) is 24.8 Å². The molecule has 0 fully saturated rings. The first-order valence-corrected chi connectivity index (χ1v) is 9.47. The second-order valence-electron chi connectivity index (χ2n) is 6.63. The van der Waals surface area contributed by atoms with Crippen LogP contribution in [0.25, 0.3) is 0 Å². The molecular formula is C20H26N4O3. The third-order valence-corrected chi connectivity index (χ3v) is 4.68. The Morgan fingerprint density at radius 2 is 2.11 bits per heavy atom. The molecule has 0 saturated heterocycles. The molecule has 0 radical (unpaired) electrons. The van der Waals surface area contributed by atoms with Crippen LogP contribution in [0.1, 0.15) is 59.4 Å². The number of nitrogens with one attached hydrogen (secondary N) is 2. The predicted octanol–water partition coefficient (Wildman–Crippen LogP) is 3.01. The highest BCUT2D eigenvalue weighted by atomic mass is 16.5. The molecule has 2 heterocycles. The maximum Gasteiger partial charge on any atom is 0.291 e. The molecule has 2 amide bonds. The summed E-state index contributed by atoms with van der Waals surface area (Å²) in [5, 5.41) is 5.76. The molecule has 2 aromatic rings. The molecule has 1 aromatic heterocycles. The average molecular weight is 370 g/mol. The highest BCUT2D eigenvalue weighted by Crippen LogP contribution is 2.23. The zero-order valence-electron chi connectivity index (χ0n) is 15.9. The van der Waals surface area contributed by atoms with E-state index in [1.54, 1.807) is 19.2 Å². The lowest BCUT2D eigenvalue weighted by molar-refractivity contribution is 0.0947. The number of carbonyl (C=O) groups excluding carboxylic acids is 2. The highest BCUT2D eigenvalue weighted by molar-refractivity contribution is 6.03. The first-order valence-electron chi connectivity index (χ1n) is 9.47. The maximum absolute atomic E-state index is 12.8. The molecule has 7 nitrogen and oxygen atoms in total. The van der Waals surface area contributed by atoms with Crippen molar-refractivity contribution >= 4 is 17.5 Å². The normalized spacial score (nSPS) is 13.0. The molecular weight excluding hydrogens is 344 g/mol. The Balaban J connectivity index is 1.84. The Bertz CT molecular complexity index is 829. The van der Waals surface area contributed by atoms with Crippen molar-refractivity contribution in [2.45, 2.75) is 45.6 Å². The van der Waals surface area contributed by atoms with Crippen LogP contribution >= 0.6 is 0 Å². The zero-order chi connectivity index (χ0) is 19.2. The fraction of sp³-hybridized carbons (Fsp3) is 0.450. The van der Waals surface area contributed by atoms with E-state index in [-0.39, 0.29) is 17.6 Å². The molecule has 144 valence electrons. The van der Waals surface area contributed by atoms with Gasteiger partial charge in [-0.25, -0.2) is 4.98 Å². The molecule has 27 heavy (non-hydrogen) atoms. The average Bonchev–Trinajstić information content (AvgIpc) is 3.08. The summed E-state index contributed by atoms with van der Waals surface area (Å²) < 4.78 is 7.07. The van der Waals surface area contributed by atoms with E-state index in [1.165, 1.54) is 0 Å². The van der Waals surface area contributed by atoms with E-state index in [9.17, 15) is 9.59 Å². The zero-order valence-corrected chi connectivity index (χ0v) is 15.9. The number of amides is 2. The van der Waals surface area contributed by atoms with Crippen molar-refractivity contribution in [3.05, 3.63) is 41.5 Å². The molecule has 1 aliphatic heterocycles. The van der Waals surface area contributed by atoms with Crippen LogP contribution in [0.4, 0.5) is 5.69 Å². The standard InChI is InChI=1S/C20H26N4O3/c1-3-4-11-21-19(25)17-16-10-5-6-12-24(16)18(23-17)20(26)22-14-8-7-9-15(13-14)27-2/h7-9,13H,3-6,10-12H2,1-2H3,(H,21,25)(H,22,26). The molecule has 0 saturated carbocycles. The first kappa shape index (κ1) is 18.9. The van der Waals surface area contributed by atoms with Gasteiger partial charge < -0.3 is 19.9 Å². The molecule has 0 aliphatic carbocycles. The monoisotopic (exact) mass is 370 g/mol. The smallest absolute Gasteiger partial charge is 0.291 e. The van der Waals surface area contributed by atoms with Gasteiger partial charge in [-0.2, -0.15) is 0 Å². The number of methoxy groups -OCH3 is 1. The number of benzene rings is 1. The number of imidazole rings is 1. The largest absolute Gasteiger partial charge is 0.497 e. The van der Waals surface area contributed by atoms with Crippen molar-refractivity contribution < 1.29 is 14.3 Å². The third-order valence-electron chi connectivity index (χ3n) is 4.68. The minimum absolute atomic E-state index is 0.200.